The van der Waals surface area contributed by atoms with Crippen molar-refractivity contribution in [3.05, 3.63) is 54.7 Å². The molecule has 0 unspecified atom stereocenters. The molecule has 0 radical (unpaired) electrons. The molecule has 0 saturated heterocycles. The summed E-state index contributed by atoms with van der Waals surface area (Å²) in [5, 5.41) is 0. The quantitative estimate of drug-likeness (QED) is 0.611. The number of pyridine rings is 1. The van der Waals surface area contributed by atoms with E-state index >= 15 is 0 Å². The molecule has 0 amide bonds. The fourth-order valence-corrected chi connectivity index (χ4v) is 3.76. The van der Waals surface area contributed by atoms with Gasteiger partial charge >= 0.3 is 94.0 Å². The summed E-state index contributed by atoms with van der Waals surface area (Å²) in [5.74, 6) is 0. The van der Waals surface area contributed by atoms with Crippen molar-refractivity contribution in [2.45, 2.75) is 0 Å². The SMILES string of the molecule is c1ccc(-c2cc3ncccc3[se]2)cc1. The molecular formula is C13H9NSe. The Labute approximate surface area is 94.1 Å². The Kier molecular flexibility index (Phi) is 2.17. The Bertz CT molecular complexity index is 551. The van der Waals surface area contributed by atoms with Crippen LogP contribution in [0.15, 0.2) is 54.7 Å². The maximum atomic E-state index is 4.37. The van der Waals surface area contributed by atoms with Crippen LogP contribution in [0.4, 0.5) is 0 Å². The Hall–Kier alpha value is -1.37. The molecule has 0 aliphatic heterocycles. The van der Waals surface area contributed by atoms with E-state index in [9.17, 15) is 0 Å². The van der Waals surface area contributed by atoms with Crippen LogP contribution in [-0.4, -0.2) is 19.5 Å². The van der Waals surface area contributed by atoms with Gasteiger partial charge in [0, 0.05) is 0 Å². The molecule has 0 fully saturated rings. The molecule has 3 rings (SSSR count). The van der Waals surface area contributed by atoms with Crippen molar-refractivity contribution in [3.63, 3.8) is 0 Å². The molecule has 0 aliphatic rings. The summed E-state index contributed by atoms with van der Waals surface area (Å²) in [4.78, 5) is 4.37. The fraction of sp³-hybridized carbons (Fsp3) is 0. The van der Waals surface area contributed by atoms with Crippen LogP contribution in [0.5, 0.6) is 0 Å². The van der Waals surface area contributed by atoms with Crippen molar-refractivity contribution in [1.82, 2.24) is 4.98 Å². The molecule has 0 spiro atoms. The van der Waals surface area contributed by atoms with E-state index < -0.39 is 0 Å². The van der Waals surface area contributed by atoms with Gasteiger partial charge in [0.25, 0.3) is 0 Å². The van der Waals surface area contributed by atoms with E-state index in [1.54, 1.807) is 0 Å². The number of nitrogens with zero attached hydrogens (tertiary/aromatic N) is 1. The molecular weight excluding hydrogens is 249 g/mol. The number of benzene rings is 1. The van der Waals surface area contributed by atoms with E-state index in [4.69, 9.17) is 0 Å². The zero-order valence-electron chi connectivity index (χ0n) is 8.05. The summed E-state index contributed by atoms with van der Waals surface area (Å²) in [5.41, 5.74) is 2.48. The van der Waals surface area contributed by atoms with Crippen LogP contribution in [0.25, 0.3) is 19.8 Å². The molecule has 0 saturated carbocycles. The third kappa shape index (κ3) is 1.63. The molecule has 1 nitrogen and oxygen atoms in total. The number of fused-ring (bicyclic) bond motifs is 1. The van der Waals surface area contributed by atoms with E-state index in [0.717, 1.165) is 5.52 Å². The first kappa shape index (κ1) is 8.90. The van der Waals surface area contributed by atoms with Crippen molar-refractivity contribution in [2.24, 2.45) is 0 Å². The minimum absolute atomic E-state index is 0.422. The van der Waals surface area contributed by atoms with Crippen molar-refractivity contribution in [2.75, 3.05) is 0 Å². The molecule has 0 atom stereocenters. The third-order valence-corrected chi connectivity index (χ3v) is 4.73. The van der Waals surface area contributed by atoms with Crippen molar-refractivity contribution >= 4 is 24.3 Å². The van der Waals surface area contributed by atoms with E-state index in [1.807, 2.05) is 12.3 Å². The van der Waals surface area contributed by atoms with Crippen LogP contribution < -0.4 is 0 Å². The summed E-state index contributed by atoms with van der Waals surface area (Å²) < 4.78 is 2.82. The number of hydrogen-bond acceptors (Lipinski definition) is 1. The zero-order chi connectivity index (χ0) is 10.1. The number of rotatable bonds is 1. The van der Waals surface area contributed by atoms with Gasteiger partial charge in [0.2, 0.25) is 0 Å². The molecule has 15 heavy (non-hydrogen) atoms. The van der Waals surface area contributed by atoms with Gasteiger partial charge in [-0.2, -0.15) is 0 Å². The van der Waals surface area contributed by atoms with Crippen LogP contribution in [0.1, 0.15) is 0 Å². The fourth-order valence-electron chi connectivity index (χ4n) is 1.61. The summed E-state index contributed by atoms with van der Waals surface area (Å²) in [6.45, 7) is 0. The summed E-state index contributed by atoms with van der Waals surface area (Å²) in [6.07, 6.45) is 1.86. The van der Waals surface area contributed by atoms with E-state index in [-0.39, 0.29) is 0 Å². The minimum atomic E-state index is 0.422. The van der Waals surface area contributed by atoms with Gasteiger partial charge in [-0.3, -0.25) is 0 Å². The molecule has 0 aliphatic carbocycles. The van der Waals surface area contributed by atoms with E-state index in [2.05, 4.69) is 47.4 Å². The first-order valence-corrected chi connectivity index (χ1v) is 6.55. The Morgan fingerprint density at radius 1 is 0.933 bits per heavy atom. The van der Waals surface area contributed by atoms with Crippen molar-refractivity contribution in [1.29, 1.82) is 0 Å². The van der Waals surface area contributed by atoms with Gasteiger partial charge in [-0.05, 0) is 0 Å². The molecule has 2 aromatic heterocycles. The second-order valence-electron chi connectivity index (χ2n) is 3.36. The molecule has 1 aromatic carbocycles. The second-order valence-corrected chi connectivity index (χ2v) is 5.64. The van der Waals surface area contributed by atoms with Crippen LogP contribution in [-0.2, 0) is 0 Å². The molecule has 3 aromatic rings. The number of aromatic nitrogens is 1. The molecule has 0 N–H and O–H groups in total. The normalized spacial score (nSPS) is 10.7. The second kappa shape index (κ2) is 3.65. The summed E-state index contributed by atoms with van der Waals surface area (Å²) in [7, 11) is 0. The predicted octanol–water partition coefficient (Wildman–Crippen LogP) is 2.96. The van der Waals surface area contributed by atoms with Crippen LogP contribution in [0.3, 0.4) is 0 Å². The topological polar surface area (TPSA) is 12.9 Å². The molecule has 72 valence electrons. The van der Waals surface area contributed by atoms with E-state index in [1.165, 1.54) is 14.3 Å². The molecule has 2 heterocycles. The Balaban J connectivity index is 2.21. The van der Waals surface area contributed by atoms with Gasteiger partial charge in [0.15, 0.2) is 0 Å². The summed E-state index contributed by atoms with van der Waals surface area (Å²) in [6, 6.07) is 17.0. The number of hydrogen-bond donors (Lipinski definition) is 0. The van der Waals surface area contributed by atoms with Crippen LogP contribution in [0.2, 0.25) is 0 Å². The van der Waals surface area contributed by atoms with Gasteiger partial charge < -0.3 is 0 Å². The summed E-state index contributed by atoms with van der Waals surface area (Å²) >= 11 is 0.422. The van der Waals surface area contributed by atoms with Gasteiger partial charge in [0.1, 0.15) is 0 Å². The maximum absolute atomic E-state index is 4.37. The van der Waals surface area contributed by atoms with Crippen molar-refractivity contribution < 1.29 is 0 Å². The Morgan fingerprint density at radius 2 is 1.80 bits per heavy atom. The third-order valence-electron chi connectivity index (χ3n) is 2.35. The van der Waals surface area contributed by atoms with Gasteiger partial charge in [0.05, 0.1) is 0 Å². The average molecular weight is 258 g/mol. The zero-order valence-corrected chi connectivity index (χ0v) is 9.76. The first-order valence-electron chi connectivity index (χ1n) is 4.83. The van der Waals surface area contributed by atoms with Gasteiger partial charge in [-0.25, -0.2) is 0 Å². The molecule has 0 bridgehead atoms. The monoisotopic (exact) mass is 259 g/mol. The predicted molar refractivity (Wildman–Crippen MR) is 64.1 cm³/mol. The Morgan fingerprint density at radius 3 is 2.60 bits per heavy atom. The van der Waals surface area contributed by atoms with Crippen LogP contribution in [0, 0.1) is 0 Å². The van der Waals surface area contributed by atoms with Gasteiger partial charge in [-0.15, -0.1) is 0 Å². The van der Waals surface area contributed by atoms with E-state index in [0.29, 0.717) is 14.5 Å². The standard InChI is InChI=1S/C13H9NSe/c1-2-5-10(6-3-1)13-9-11-12(15-13)7-4-8-14-11/h1-9H. The first-order chi connectivity index (χ1) is 7.43. The molecule has 2 heteroatoms. The van der Waals surface area contributed by atoms with Gasteiger partial charge in [-0.1, -0.05) is 0 Å². The average Bonchev–Trinajstić information content (AvgIpc) is 2.74. The van der Waals surface area contributed by atoms with Crippen molar-refractivity contribution in [3.8, 4) is 10.0 Å². The van der Waals surface area contributed by atoms with Crippen LogP contribution >= 0.6 is 0 Å².